The van der Waals surface area contributed by atoms with Crippen LogP contribution in [0, 0.1) is 5.92 Å². The molecule has 10 heteroatoms. The second-order valence-electron chi connectivity index (χ2n) is 9.19. The summed E-state index contributed by atoms with van der Waals surface area (Å²) in [5.74, 6) is 2.41. The molecule has 2 aromatic heterocycles. The molecule has 1 fully saturated rings. The van der Waals surface area contributed by atoms with Gasteiger partial charge in [-0.1, -0.05) is 17.7 Å². The molecular formula is C24H27ClN4O4S. The summed E-state index contributed by atoms with van der Waals surface area (Å²) in [7, 11) is -4.02. The van der Waals surface area contributed by atoms with Crippen LogP contribution in [0.4, 0.5) is 0 Å². The van der Waals surface area contributed by atoms with Crippen molar-refractivity contribution in [3.05, 3.63) is 64.8 Å². The summed E-state index contributed by atoms with van der Waals surface area (Å²) in [5.41, 5.74) is 2.04. The monoisotopic (exact) mass is 502 g/mol. The minimum absolute atomic E-state index is 0.0138. The summed E-state index contributed by atoms with van der Waals surface area (Å²) in [5, 5.41) is 9.75. The quantitative estimate of drug-likeness (QED) is 0.497. The highest BCUT2D eigenvalue weighted by Crippen LogP contribution is 2.38. The predicted molar refractivity (Wildman–Crippen MR) is 128 cm³/mol. The van der Waals surface area contributed by atoms with Gasteiger partial charge < -0.3 is 4.74 Å². The van der Waals surface area contributed by atoms with E-state index in [0.717, 1.165) is 48.6 Å². The summed E-state index contributed by atoms with van der Waals surface area (Å²) in [6.07, 6.45) is 7.17. The van der Waals surface area contributed by atoms with E-state index in [1.54, 1.807) is 6.20 Å². The number of hydrogen-bond acceptors (Lipinski definition) is 6. The molecule has 0 radical (unpaired) electrons. The fraction of sp³-hybridized carbons (Fsp3) is 0.458. The van der Waals surface area contributed by atoms with E-state index in [1.165, 1.54) is 0 Å². The zero-order valence-corrected chi connectivity index (χ0v) is 20.2. The summed E-state index contributed by atoms with van der Waals surface area (Å²) in [6.45, 7) is 0. The van der Waals surface area contributed by atoms with Gasteiger partial charge in [0.05, 0.1) is 11.4 Å². The maximum absolute atomic E-state index is 11.3. The van der Waals surface area contributed by atoms with E-state index < -0.39 is 10.1 Å². The van der Waals surface area contributed by atoms with Crippen molar-refractivity contribution in [2.45, 2.75) is 57.0 Å². The number of aromatic nitrogens is 4. The minimum atomic E-state index is -4.02. The fourth-order valence-electron chi connectivity index (χ4n) is 5.11. The van der Waals surface area contributed by atoms with E-state index in [-0.39, 0.29) is 23.7 Å². The van der Waals surface area contributed by atoms with Gasteiger partial charge in [0.2, 0.25) is 5.88 Å². The van der Waals surface area contributed by atoms with Crippen LogP contribution in [0.5, 0.6) is 5.88 Å². The lowest BCUT2D eigenvalue weighted by molar-refractivity contribution is 0.139. The highest BCUT2D eigenvalue weighted by molar-refractivity contribution is 7.85. The highest BCUT2D eigenvalue weighted by Gasteiger charge is 2.32. The molecule has 0 spiro atoms. The Labute approximate surface area is 204 Å². The Bertz CT molecular complexity index is 1260. The average molecular weight is 503 g/mol. The van der Waals surface area contributed by atoms with Crippen molar-refractivity contribution in [3.8, 4) is 11.6 Å². The Hall–Kier alpha value is -2.49. The third-order valence-electron chi connectivity index (χ3n) is 6.77. The molecule has 1 atom stereocenters. The van der Waals surface area contributed by atoms with Crippen LogP contribution in [0.3, 0.4) is 0 Å². The number of ether oxygens (including phenoxy) is 1. The van der Waals surface area contributed by atoms with E-state index >= 15 is 0 Å². The molecule has 1 aliphatic heterocycles. The van der Waals surface area contributed by atoms with Gasteiger partial charge in [-0.2, -0.15) is 8.42 Å². The summed E-state index contributed by atoms with van der Waals surface area (Å²) in [6, 6.07) is 11.5. The molecule has 8 nitrogen and oxygen atoms in total. The number of rotatable bonds is 6. The molecule has 1 aromatic carbocycles. The van der Waals surface area contributed by atoms with Gasteiger partial charge in [0.1, 0.15) is 17.8 Å². The van der Waals surface area contributed by atoms with Crippen molar-refractivity contribution in [1.29, 1.82) is 0 Å². The van der Waals surface area contributed by atoms with Gasteiger partial charge in [-0.05, 0) is 74.3 Å². The van der Waals surface area contributed by atoms with Crippen LogP contribution < -0.4 is 4.74 Å². The molecule has 1 aliphatic carbocycles. The van der Waals surface area contributed by atoms with Gasteiger partial charge in [-0.25, -0.2) is 4.98 Å². The Morgan fingerprint density at radius 2 is 1.91 bits per heavy atom. The predicted octanol–water partition coefficient (Wildman–Crippen LogP) is 4.41. The maximum atomic E-state index is 11.3. The van der Waals surface area contributed by atoms with E-state index in [4.69, 9.17) is 16.3 Å². The zero-order valence-electron chi connectivity index (χ0n) is 18.7. The third-order valence-corrected chi connectivity index (χ3v) is 7.75. The van der Waals surface area contributed by atoms with E-state index in [0.29, 0.717) is 30.2 Å². The second kappa shape index (κ2) is 9.64. The van der Waals surface area contributed by atoms with Gasteiger partial charge in [-0.3, -0.25) is 9.12 Å². The Kier molecular flexibility index (Phi) is 6.59. The number of benzene rings is 1. The highest BCUT2D eigenvalue weighted by atomic mass is 35.5. The first-order valence-electron chi connectivity index (χ1n) is 11.6. The molecule has 3 aromatic rings. The number of hydrogen-bond donors (Lipinski definition) is 1. The lowest BCUT2D eigenvalue weighted by Gasteiger charge is -2.28. The molecule has 5 rings (SSSR count). The number of nitrogens with zero attached hydrogens (tertiary/aromatic N) is 4. The van der Waals surface area contributed by atoms with Crippen LogP contribution in [0.2, 0.25) is 5.02 Å². The van der Waals surface area contributed by atoms with Crippen molar-refractivity contribution in [2.24, 2.45) is 5.92 Å². The molecule has 3 heterocycles. The first kappa shape index (κ1) is 23.3. The zero-order chi connectivity index (χ0) is 23.7. The van der Waals surface area contributed by atoms with Gasteiger partial charge >= 0.3 is 0 Å². The second-order valence-corrected chi connectivity index (χ2v) is 11.2. The average Bonchev–Trinajstić information content (AvgIpc) is 3.14. The van der Waals surface area contributed by atoms with Crippen molar-refractivity contribution in [2.75, 3.05) is 5.75 Å². The lowest BCUT2D eigenvalue weighted by Crippen LogP contribution is -2.25. The van der Waals surface area contributed by atoms with Crippen LogP contribution in [-0.4, -0.2) is 44.6 Å². The molecule has 0 amide bonds. The lowest BCUT2D eigenvalue weighted by atomic mass is 9.86. The molecule has 0 bridgehead atoms. The van der Waals surface area contributed by atoms with Crippen LogP contribution in [-0.2, 0) is 23.0 Å². The molecule has 0 saturated heterocycles. The third kappa shape index (κ3) is 5.26. The molecule has 34 heavy (non-hydrogen) atoms. The Morgan fingerprint density at radius 1 is 1.09 bits per heavy atom. The largest absolute Gasteiger partial charge is 0.474 e. The molecule has 1 saturated carbocycles. The van der Waals surface area contributed by atoms with Crippen molar-refractivity contribution in [1.82, 2.24) is 19.7 Å². The van der Waals surface area contributed by atoms with Gasteiger partial charge in [-0.15, -0.1) is 10.2 Å². The van der Waals surface area contributed by atoms with E-state index in [2.05, 4.69) is 19.7 Å². The summed E-state index contributed by atoms with van der Waals surface area (Å²) < 4.78 is 40.1. The smallest absolute Gasteiger partial charge is 0.264 e. The molecule has 1 N–H and O–H groups in total. The Balaban J connectivity index is 1.38. The van der Waals surface area contributed by atoms with Crippen LogP contribution in [0.1, 0.15) is 55.2 Å². The number of fused-ring (bicyclic) bond motifs is 3. The molecular weight excluding hydrogens is 476 g/mol. The normalized spacial score (nSPS) is 22.5. The van der Waals surface area contributed by atoms with Crippen molar-refractivity contribution < 1.29 is 17.7 Å². The SMILES string of the molecule is O=S(=O)(O)CCC1Cc2cc(Cl)ccc2-n2c(nnc2[C@H]2CC[C@H](Oc3ccccn3)CC2)C1. The number of pyridine rings is 1. The first-order valence-corrected chi connectivity index (χ1v) is 13.6. The molecule has 180 valence electrons. The van der Waals surface area contributed by atoms with Gasteiger partial charge in [0, 0.05) is 29.6 Å². The van der Waals surface area contributed by atoms with Crippen molar-refractivity contribution in [3.63, 3.8) is 0 Å². The maximum Gasteiger partial charge on any atom is 0.264 e. The first-order chi connectivity index (χ1) is 16.4. The number of halogens is 1. The topological polar surface area (TPSA) is 107 Å². The summed E-state index contributed by atoms with van der Waals surface area (Å²) in [4.78, 5) is 4.27. The van der Waals surface area contributed by atoms with E-state index in [9.17, 15) is 13.0 Å². The minimum Gasteiger partial charge on any atom is -0.474 e. The van der Waals surface area contributed by atoms with Gasteiger partial charge in [0.25, 0.3) is 10.1 Å². The Morgan fingerprint density at radius 3 is 2.65 bits per heavy atom. The van der Waals surface area contributed by atoms with Crippen LogP contribution >= 0.6 is 11.6 Å². The fourth-order valence-corrected chi connectivity index (χ4v) is 5.94. The van der Waals surface area contributed by atoms with Crippen LogP contribution in [0.15, 0.2) is 42.6 Å². The van der Waals surface area contributed by atoms with E-state index in [1.807, 2.05) is 36.4 Å². The standard InChI is InChI=1S/C24H27ClN4O4S/c25-19-6-9-21-18(15-19)13-16(10-12-34(30,31)32)14-22-27-28-24(29(21)22)17-4-7-20(8-5-17)33-23-3-1-2-11-26-23/h1-3,6,9,11,15-17,20H,4-5,7-8,10,12-14H2,(H,30,31,32)/t16?,17-,20-. The van der Waals surface area contributed by atoms with Crippen molar-refractivity contribution >= 4 is 21.7 Å². The molecule has 1 unspecified atom stereocenters. The van der Waals surface area contributed by atoms with Crippen LogP contribution in [0.25, 0.3) is 5.69 Å². The van der Waals surface area contributed by atoms with Gasteiger partial charge in [0.15, 0.2) is 0 Å². The summed E-state index contributed by atoms with van der Waals surface area (Å²) >= 11 is 6.30. The molecule has 2 aliphatic rings.